The van der Waals surface area contributed by atoms with Crippen LogP contribution in [0.15, 0.2) is 30.3 Å². The molecule has 1 saturated heterocycles. The summed E-state index contributed by atoms with van der Waals surface area (Å²) in [6, 6.07) is 9.95. The fourth-order valence-electron chi connectivity index (χ4n) is 2.20. The Morgan fingerprint density at radius 2 is 2.12 bits per heavy atom. The van der Waals surface area contributed by atoms with Crippen LogP contribution in [0.1, 0.15) is 18.9 Å². The monoisotopic (exact) mass is 237 g/mol. The highest BCUT2D eigenvalue weighted by Crippen LogP contribution is 2.18. The van der Waals surface area contributed by atoms with Gasteiger partial charge in [-0.05, 0) is 18.5 Å². The predicted molar refractivity (Wildman–Crippen MR) is 66.6 cm³/mol. The van der Waals surface area contributed by atoms with Gasteiger partial charge in [-0.15, -0.1) is 0 Å². The summed E-state index contributed by atoms with van der Waals surface area (Å²) in [5, 5.41) is 0. The minimum atomic E-state index is -0.854. The van der Waals surface area contributed by atoms with Crippen molar-refractivity contribution >= 4 is 0 Å². The van der Waals surface area contributed by atoms with E-state index in [2.05, 4.69) is 11.8 Å². The second kappa shape index (κ2) is 6.12. The standard InChI is InChI=1S/C14H20FNO/c1-2-16-9-8-14(13(15)10-16)17-11-12-6-4-3-5-7-12/h3-7,13-14H,2,8-11H2,1H3/t13-,14?/m1/s1. The highest BCUT2D eigenvalue weighted by molar-refractivity contribution is 5.13. The second-order valence-electron chi connectivity index (χ2n) is 4.53. The first-order chi connectivity index (χ1) is 8.29. The van der Waals surface area contributed by atoms with Gasteiger partial charge in [-0.25, -0.2) is 4.39 Å². The van der Waals surface area contributed by atoms with Crippen molar-refractivity contribution in [3.8, 4) is 0 Å². The number of rotatable bonds is 4. The van der Waals surface area contributed by atoms with Crippen molar-refractivity contribution in [2.45, 2.75) is 32.2 Å². The van der Waals surface area contributed by atoms with E-state index in [1.165, 1.54) is 0 Å². The molecule has 0 N–H and O–H groups in total. The topological polar surface area (TPSA) is 12.5 Å². The van der Waals surface area contributed by atoms with Crippen LogP contribution < -0.4 is 0 Å². The summed E-state index contributed by atoms with van der Waals surface area (Å²) in [6.07, 6.45) is -0.299. The summed E-state index contributed by atoms with van der Waals surface area (Å²) in [5.41, 5.74) is 1.11. The van der Waals surface area contributed by atoms with E-state index in [1.54, 1.807) is 0 Å². The number of benzene rings is 1. The molecule has 2 nitrogen and oxygen atoms in total. The zero-order chi connectivity index (χ0) is 12.1. The van der Waals surface area contributed by atoms with Gasteiger partial charge in [0.15, 0.2) is 0 Å². The van der Waals surface area contributed by atoms with Crippen molar-refractivity contribution in [2.24, 2.45) is 0 Å². The van der Waals surface area contributed by atoms with Gasteiger partial charge in [-0.3, -0.25) is 0 Å². The molecule has 0 bridgehead atoms. The predicted octanol–water partition coefficient (Wildman–Crippen LogP) is 2.64. The van der Waals surface area contributed by atoms with Crippen molar-refractivity contribution in [1.82, 2.24) is 4.90 Å². The average Bonchev–Trinajstić information content (AvgIpc) is 2.38. The number of halogens is 1. The van der Waals surface area contributed by atoms with E-state index < -0.39 is 6.17 Å². The highest BCUT2D eigenvalue weighted by atomic mass is 19.1. The number of likely N-dealkylation sites (tertiary alicyclic amines) is 1. The van der Waals surface area contributed by atoms with Crippen LogP contribution in [0.25, 0.3) is 0 Å². The molecule has 94 valence electrons. The molecular weight excluding hydrogens is 217 g/mol. The molecule has 1 aromatic rings. The number of hydrogen-bond acceptors (Lipinski definition) is 2. The van der Waals surface area contributed by atoms with E-state index in [-0.39, 0.29) is 6.10 Å². The van der Waals surface area contributed by atoms with Crippen molar-refractivity contribution in [1.29, 1.82) is 0 Å². The van der Waals surface area contributed by atoms with Crippen LogP contribution in [0.3, 0.4) is 0 Å². The first-order valence-electron chi connectivity index (χ1n) is 6.31. The Labute approximate surface area is 102 Å². The number of alkyl halides is 1. The van der Waals surface area contributed by atoms with E-state index in [0.29, 0.717) is 13.2 Å². The molecular formula is C14H20FNO. The molecule has 0 aromatic heterocycles. The lowest BCUT2D eigenvalue weighted by Gasteiger charge is -2.33. The fourth-order valence-corrected chi connectivity index (χ4v) is 2.20. The number of nitrogens with zero attached hydrogens (tertiary/aromatic N) is 1. The molecule has 0 amide bonds. The van der Waals surface area contributed by atoms with E-state index in [1.807, 2.05) is 30.3 Å². The molecule has 1 heterocycles. The zero-order valence-electron chi connectivity index (χ0n) is 10.3. The summed E-state index contributed by atoms with van der Waals surface area (Å²) in [6.45, 7) is 4.95. The highest BCUT2D eigenvalue weighted by Gasteiger charge is 2.28. The van der Waals surface area contributed by atoms with Gasteiger partial charge in [0.25, 0.3) is 0 Å². The molecule has 0 saturated carbocycles. The summed E-state index contributed by atoms with van der Waals surface area (Å²) in [7, 11) is 0. The molecule has 0 radical (unpaired) electrons. The molecule has 0 spiro atoms. The maximum atomic E-state index is 13.8. The number of hydrogen-bond donors (Lipinski definition) is 0. The van der Waals surface area contributed by atoms with Gasteiger partial charge in [0.1, 0.15) is 6.17 Å². The Bertz CT molecular complexity index is 330. The molecule has 0 aliphatic carbocycles. The summed E-state index contributed by atoms with van der Waals surface area (Å²) in [4.78, 5) is 2.13. The van der Waals surface area contributed by atoms with Crippen LogP contribution in [-0.2, 0) is 11.3 Å². The number of piperidine rings is 1. The molecule has 17 heavy (non-hydrogen) atoms. The first kappa shape index (κ1) is 12.5. The van der Waals surface area contributed by atoms with Crippen molar-refractivity contribution in [3.63, 3.8) is 0 Å². The van der Waals surface area contributed by atoms with Gasteiger partial charge < -0.3 is 9.64 Å². The Balaban J connectivity index is 1.80. The average molecular weight is 237 g/mol. The van der Waals surface area contributed by atoms with Gasteiger partial charge >= 0.3 is 0 Å². The first-order valence-corrected chi connectivity index (χ1v) is 6.31. The maximum absolute atomic E-state index is 13.8. The minimum Gasteiger partial charge on any atom is -0.370 e. The largest absolute Gasteiger partial charge is 0.370 e. The van der Waals surface area contributed by atoms with Gasteiger partial charge in [0.05, 0.1) is 12.7 Å². The van der Waals surface area contributed by atoms with Gasteiger partial charge in [0, 0.05) is 13.1 Å². The van der Waals surface area contributed by atoms with Crippen LogP contribution in [-0.4, -0.2) is 36.8 Å². The fraction of sp³-hybridized carbons (Fsp3) is 0.571. The van der Waals surface area contributed by atoms with Crippen LogP contribution in [0.4, 0.5) is 4.39 Å². The van der Waals surface area contributed by atoms with E-state index in [4.69, 9.17) is 4.74 Å². The molecule has 3 heteroatoms. The lowest BCUT2D eigenvalue weighted by molar-refractivity contribution is -0.0528. The SMILES string of the molecule is CCN1CCC(OCc2ccccc2)[C@H](F)C1. The molecule has 1 aromatic carbocycles. The second-order valence-corrected chi connectivity index (χ2v) is 4.53. The molecule has 1 aliphatic heterocycles. The zero-order valence-corrected chi connectivity index (χ0v) is 10.3. The van der Waals surface area contributed by atoms with Crippen LogP contribution in [0.5, 0.6) is 0 Å². The van der Waals surface area contributed by atoms with Crippen LogP contribution >= 0.6 is 0 Å². The Hall–Kier alpha value is -0.930. The van der Waals surface area contributed by atoms with Gasteiger partial charge in [-0.1, -0.05) is 37.3 Å². The normalized spacial score (nSPS) is 26.0. The third-order valence-electron chi connectivity index (χ3n) is 3.32. The summed E-state index contributed by atoms with van der Waals surface area (Å²) >= 11 is 0. The van der Waals surface area contributed by atoms with Gasteiger partial charge in [-0.2, -0.15) is 0 Å². The minimum absolute atomic E-state index is 0.238. The van der Waals surface area contributed by atoms with E-state index in [9.17, 15) is 4.39 Å². The number of ether oxygens (including phenoxy) is 1. The van der Waals surface area contributed by atoms with Crippen molar-refractivity contribution in [3.05, 3.63) is 35.9 Å². The van der Waals surface area contributed by atoms with Crippen LogP contribution in [0.2, 0.25) is 0 Å². The third kappa shape index (κ3) is 3.51. The van der Waals surface area contributed by atoms with Crippen LogP contribution in [0, 0.1) is 0 Å². The molecule has 1 aliphatic rings. The Morgan fingerprint density at radius 3 is 2.76 bits per heavy atom. The van der Waals surface area contributed by atoms with Crippen molar-refractivity contribution in [2.75, 3.05) is 19.6 Å². The third-order valence-corrected chi connectivity index (χ3v) is 3.32. The quantitative estimate of drug-likeness (QED) is 0.798. The van der Waals surface area contributed by atoms with Crippen molar-refractivity contribution < 1.29 is 9.13 Å². The summed E-state index contributed by atoms with van der Waals surface area (Å²) in [5.74, 6) is 0. The maximum Gasteiger partial charge on any atom is 0.139 e. The molecule has 2 atom stereocenters. The summed E-state index contributed by atoms with van der Waals surface area (Å²) < 4.78 is 19.5. The lowest BCUT2D eigenvalue weighted by Crippen LogP contribution is -2.45. The Morgan fingerprint density at radius 1 is 1.35 bits per heavy atom. The smallest absolute Gasteiger partial charge is 0.139 e. The Kier molecular flexibility index (Phi) is 4.51. The lowest BCUT2D eigenvalue weighted by atomic mass is 10.1. The van der Waals surface area contributed by atoms with E-state index >= 15 is 0 Å². The van der Waals surface area contributed by atoms with E-state index in [0.717, 1.165) is 25.1 Å². The molecule has 1 fully saturated rings. The molecule has 2 rings (SSSR count). The molecule has 1 unspecified atom stereocenters. The van der Waals surface area contributed by atoms with Gasteiger partial charge in [0.2, 0.25) is 0 Å².